The van der Waals surface area contributed by atoms with Gasteiger partial charge < -0.3 is 10.8 Å². The number of nitrogens with two attached hydrogens (primary N) is 1. The second-order valence-corrected chi connectivity index (χ2v) is 4.64. The highest BCUT2D eigenvalue weighted by Gasteiger charge is 2.19. The van der Waals surface area contributed by atoms with Crippen molar-refractivity contribution < 1.29 is 14.7 Å². The minimum atomic E-state index is -1.13. The van der Waals surface area contributed by atoms with Crippen LogP contribution in [0.1, 0.15) is 20.7 Å². The predicted octanol–water partition coefficient (Wildman–Crippen LogP) is 2.18. The number of hydrogen-bond acceptors (Lipinski definition) is 2. The zero-order valence-corrected chi connectivity index (χ0v) is 9.81. The Bertz CT molecular complexity index is 575. The van der Waals surface area contributed by atoms with Gasteiger partial charge in [-0.1, -0.05) is 24.3 Å². The zero-order chi connectivity index (χ0) is 12.4. The number of carboxylic acid groups (broad SMARTS) is 1. The molecule has 0 aliphatic carbocycles. The van der Waals surface area contributed by atoms with Crippen molar-refractivity contribution in [2.75, 3.05) is 0 Å². The van der Waals surface area contributed by atoms with E-state index in [1.54, 1.807) is 12.1 Å². The highest BCUT2D eigenvalue weighted by atomic mass is 31.0. The Hall–Kier alpha value is -2.06. The van der Waals surface area contributed by atoms with Gasteiger partial charge >= 0.3 is 5.97 Å². The molecule has 0 aliphatic heterocycles. The smallest absolute Gasteiger partial charge is 0.337 e. The monoisotopic (exact) mass is 247 g/mol. The summed E-state index contributed by atoms with van der Waals surface area (Å²) in [5.41, 5.74) is 5.79. The Kier molecular flexibility index (Phi) is 2.98. The van der Waals surface area contributed by atoms with E-state index < -0.39 is 11.9 Å². The molecule has 1 heterocycles. The number of aromatic carboxylic acids is 1. The summed E-state index contributed by atoms with van der Waals surface area (Å²) in [6.07, 6.45) is 0. The van der Waals surface area contributed by atoms with Crippen LogP contribution in [0.5, 0.6) is 0 Å². The Morgan fingerprint density at radius 2 is 1.94 bits per heavy atom. The van der Waals surface area contributed by atoms with E-state index in [4.69, 9.17) is 5.73 Å². The lowest BCUT2D eigenvalue weighted by molar-refractivity contribution is 0.0693. The first-order chi connectivity index (χ1) is 8.11. The number of carbonyl (C=O) groups excluding carboxylic acids is 1. The lowest BCUT2D eigenvalue weighted by atomic mass is 9.99. The van der Waals surface area contributed by atoms with Crippen LogP contribution in [0.25, 0.3) is 10.9 Å². The summed E-state index contributed by atoms with van der Waals surface area (Å²) in [5.74, 6) is 0.101. The molecule has 3 N–H and O–H groups in total. The van der Waals surface area contributed by atoms with E-state index in [0.717, 1.165) is 5.30 Å². The minimum absolute atomic E-state index is 0.0116. The van der Waals surface area contributed by atoms with Crippen molar-refractivity contribution in [2.24, 2.45) is 5.73 Å². The molecule has 86 valence electrons. The van der Waals surface area contributed by atoms with Crippen molar-refractivity contribution in [3.05, 3.63) is 47.3 Å². The van der Waals surface area contributed by atoms with Crippen LogP contribution < -0.4 is 5.73 Å². The highest BCUT2D eigenvalue weighted by Crippen LogP contribution is 2.32. The standard InChI is InChI=1S/C12H10NO3P/c13-11(14)8-4-1-3-7(10(8)12(15)16)9-5-2-6-17-9/h1-6,17H,(H2,13,14)(H,15,16). The fourth-order valence-corrected chi connectivity index (χ4v) is 2.64. The normalized spacial score (nSPS) is 10.6. The van der Waals surface area contributed by atoms with Gasteiger partial charge in [-0.05, 0) is 17.2 Å². The van der Waals surface area contributed by atoms with Gasteiger partial charge in [-0.25, -0.2) is 4.79 Å². The summed E-state index contributed by atoms with van der Waals surface area (Å²) >= 11 is 0. The lowest BCUT2D eigenvalue weighted by Gasteiger charge is -2.08. The van der Waals surface area contributed by atoms with Gasteiger partial charge in [-0.3, -0.25) is 4.79 Å². The van der Waals surface area contributed by atoms with E-state index in [1.807, 2.05) is 17.9 Å². The number of rotatable bonds is 3. The quantitative estimate of drug-likeness (QED) is 0.872. The van der Waals surface area contributed by atoms with Gasteiger partial charge in [0.15, 0.2) is 0 Å². The second kappa shape index (κ2) is 4.44. The molecule has 2 rings (SSSR count). The molecule has 17 heavy (non-hydrogen) atoms. The van der Waals surface area contributed by atoms with Gasteiger partial charge in [0.05, 0.1) is 11.1 Å². The Labute approximate surface area is 99.2 Å². The highest BCUT2D eigenvalue weighted by molar-refractivity contribution is 7.33. The van der Waals surface area contributed by atoms with E-state index in [2.05, 4.69) is 0 Å². The molecule has 0 bridgehead atoms. The first-order valence-electron chi connectivity index (χ1n) is 4.91. The third-order valence-corrected chi connectivity index (χ3v) is 3.54. The molecular weight excluding hydrogens is 237 g/mol. The molecule has 5 heteroatoms. The van der Waals surface area contributed by atoms with Gasteiger partial charge in [0, 0.05) is 5.56 Å². The van der Waals surface area contributed by atoms with Crippen LogP contribution in [-0.2, 0) is 0 Å². The molecule has 0 spiro atoms. The number of carbonyl (C=O) groups is 2. The average Bonchev–Trinajstić information content (AvgIpc) is 2.81. The van der Waals surface area contributed by atoms with E-state index >= 15 is 0 Å². The van der Waals surface area contributed by atoms with Crippen molar-refractivity contribution in [2.45, 2.75) is 0 Å². The van der Waals surface area contributed by atoms with Crippen LogP contribution in [0.15, 0.2) is 36.1 Å². The van der Waals surface area contributed by atoms with E-state index in [9.17, 15) is 14.7 Å². The summed E-state index contributed by atoms with van der Waals surface area (Å²) in [6, 6.07) is 8.50. The maximum absolute atomic E-state index is 11.3. The molecule has 0 saturated carbocycles. The fraction of sp³-hybridized carbons (Fsp3) is 0. The zero-order valence-electron chi connectivity index (χ0n) is 8.81. The number of primary amides is 1. The molecule has 2 aromatic rings. The van der Waals surface area contributed by atoms with Crippen molar-refractivity contribution >= 4 is 20.1 Å². The Morgan fingerprint density at radius 1 is 1.18 bits per heavy atom. The van der Waals surface area contributed by atoms with Crippen molar-refractivity contribution in [1.29, 1.82) is 0 Å². The van der Waals surface area contributed by atoms with Crippen LogP contribution in [0, 0.1) is 0 Å². The first-order valence-corrected chi connectivity index (χ1v) is 5.99. The van der Waals surface area contributed by atoms with Crippen LogP contribution in [0.3, 0.4) is 0 Å². The van der Waals surface area contributed by atoms with Crippen molar-refractivity contribution in [1.82, 2.24) is 0 Å². The molecule has 1 aromatic heterocycles. The van der Waals surface area contributed by atoms with Crippen molar-refractivity contribution in [3.63, 3.8) is 0 Å². The van der Waals surface area contributed by atoms with Crippen LogP contribution in [-0.4, -0.2) is 17.0 Å². The summed E-state index contributed by atoms with van der Waals surface area (Å²) in [7, 11) is 0.421. The molecule has 1 unspecified atom stereocenters. The number of benzene rings is 1. The van der Waals surface area contributed by atoms with Gasteiger partial charge in [-0.15, -0.1) is 8.19 Å². The summed E-state index contributed by atoms with van der Waals surface area (Å²) in [4.78, 5) is 22.5. The fourth-order valence-electron chi connectivity index (χ4n) is 1.71. The SMILES string of the molecule is NC(=O)c1cccc(-c2ccc[pH]2)c1C(=O)O. The molecule has 1 aromatic carbocycles. The lowest BCUT2D eigenvalue weighted by Crippen LogP contribution is -2.16. The summed E-state index contributed by atoms with van der Waals surface area (Å²) in [6.45, 7) is 0. The summed E-state index contributed by atoms with van der Waals surface area (Å²) in [5, 5.41) is 10.1. The molecule has 1 atom stereocenters. The molecule has 0 aliphatic rings. The molecule has 0 radical (unpaired) electrons. The minimum Gasteiger partial charge on any atom is -0.478 e. The second-order valence-electron chi connectivity index (χ2n) is 3.48. The van der Waals surface area contributed by atoms with Gasteiger partial charge in [0.1, 0.15) is 0 Å². The molecule has 0 fully saturated rings. The van der Waals surface area contributed by atoms with Crippen molar-refractivity contribution in [3.8, 4) is 10.9 Å². The van der Waals surface area contributed by atoms with Gasteiger partial charge in [-0.2, -0.15) is 0 Å². The largest absolute Gasteiger partial charge is 0.478 e. The Balaban J connectivity index is 2.72. The van der Waals surface area contributed by atoms with E-state index in [-0.39, 0.29) is 11.1 Å². The third kappa shape index (κ3) is 2.08. The predicted molar refractivity (Wildman–Crippen MR) is 66.9 cm³/mol. The molecule has 4 nitrogen and oxygen atoms in total. The van der Waals surface area contributed by atoms with Crippen LogP contribution >= 0.6 is 8.19 Å². The number of amides is 1. The number of hydrogen-bond donors (Lipinski definition) is 2. The van der Waals surface area contributed by atoms with Gasteiger partial charge in [0.25, 0.3) is 0 Å². The Morgan fingerprint density at radius 3 is 2.47 bits per heavy atom. The first kappa shape index (κ1) is 11.4. The van der Waals surface area contributed by atoms with E-state index in [1.165, 1.54) is 6.07 Å². The number of carboxylic acids is 1. The molecular formula is C12H10NO3P. The van der Waals surface area contributed by atoms with Gasteiger partial charge in [0.2, 0.25) is 5.91 Å². The van der Waals surface area contributed by atoms with E-state index in [0.29, 0.717) is 13.8 Å². The third-order valence-electron chi connectivity index (χ3n) is 2.43. The maximum atomic E-state index is 11.3. The van der Waals surface area contributed by atoms with Crippen LogP contribution in [0.4, 0.5) is 0 Å². The topological polar surface area (TPSA) is 80.4 Å². The summed E-state index contributed by atoms with van der Waals surface area (Å²) < 4.78 is 0. The molecule has 1 amide bonds. The molecule has 0 saturated heterocycles. The average molecular weight is 247 g/mol. The van der Waals surface area contributed by atoms with Crippen LogP contribution in [0.2, 0.25) is 0 Å². The maximum Gasteiger partial charge on any atom is 0.337 e.